The number of benzene rings is 2. The number of nitrogens with zero attached hydrogens (tertiary/aromatic N) is 1. The standard InChI is InChI=1S/C19H15Cl2N3O3S2/c1-12(23-24-29(26,27)16-7-5-14(20)6-8-16)13-3-2-4-15(11-13)22-19(25)17-9-10-18(21)28-17/h2-11,24H,1H3,(H,22,25). The highest BCUT2D eigenvalue weighted by Gasteiger charge is 2.13. The quantitative estimate of drug-likeness (QED) is 0.394. The van der Waals surface area contributed by atoms with Gasteiger partial charge in [-0.2, -0.15) is 18.4 Å². The number of hydrogen-bond donors (Lipinski definition) is 2. The van der Waals surface area contributed by atoms with Crippen LogP contribution in [0.15, 0.2) is 70.7 Å². The van der Waals surface area contributed by atoms with Gasteiger partial charge in [-0.05, 0) is 61.0 Å². The second-order valence-corrected chi connectivity index (χ2v) is 9.70. The monoisotopic (exact) mass is 467 g/mol. The van der Waals surface area contributed by atoms with Crippen LogP contribution in [0.25, 0.3) is 0 Å². The van der Waals surface area contributed by atoms with E-state index in [0.717, 1.165) is 0 Å². The molecule has 0 spiro atoms. The first kappa shape index (κ1) is 21.3. The molecule has 0 bridgehead atoms. The lowest BCUT2D eigenvalue weighted by Crippen LogP contribution is -2.20. The minimum Gasteiger partial charge on any atom is -0.321 e. The van der Waals surface area contributed by atoms with Crippen LogP contribution in [-0.4, -0.2) is 20.0 Å². The average Bonchev–Trinajstić information content (AvgIpc) is 3.13. The highest BCUT2D eigenvalue weighted by molar-refractivity contribution is 7.89. The van der Waals surface area contributed by atoms with E-state index >= 15 is 0 Å². The van der Waals surface area contributed by atoms with Gasteiger partial charge in [-0.3, -0.25) is 4.79 Å². The fourth-order valence-electron chi connectivity index (χ4n) is 2.31. The first-order chi connectivity index (χ1) is 13.7. The van der Waals surface area contributed by atoms with Crippen LogP contribution in [0.4, 0.5) is 5.69 Å². The number of carbonyl (C=O) groups excluding carboxylic acids is 1. The van der Waals surface area contributed by atoms with Crippen LogP contribution in [0.5, 0.6) is 0 Å². The number of rotatable bonds is 6. The molecule has 0 fully saturated rings. The Morgan fingerprint density at radius 3 is 2.41 bits per heavy atom. The molecule has 0 aliphatic carbocycles. The summed E-state index contributed by atoms with van der Waals surface area (Å²) in [5.74, 6) is -0.280. The van der Waals surface area contributed by atoms with Gasteiger partial charge in [-0.15, -0.1) is 11.3 Å². The first-order valence-electron chi connectivity index (χ1n) is 8.23. The van der Waals surface area contributed by atoms with Crippen molar-refractivity contribution in [3.8, 4) is 0 Å². The molecule has 1 heterocycles. The summed E-state index contributed by atoms with van der Waals surface area (Å²) >= 11 is 12.8. The predicted molar refractivity (Wildman–Crippen MR) is 118 cm³/mol. The molecule has 0 aliphatic rings. The topological polar surface area (TPSA) is 87.6 Å². The Bertz CT molecular complexity index is 1170. The van der Waals surface area contributed by atoms with Crippen molar-refractivity contribution in [1.82, 2.24) is 4.83 Å². The van der Waals surface area contributed by atoms with Crippen molar-refractivity contribution in [2.24, 2.45) is 5.10 Å². The molecule has 0 aliphatic heterocycles. The molecule has 2 N–H and O–H groups in total. The minimum atomic E-state index is -3.82. The van der Waals surface area contributed by atoms with Gasteiger partial charge in [0.05, 0.1) is 19.8 Å². The van der Waals surface area contributed by atoms with E-state index in [4.69, 9.17) is 23.2 Å². The molecule has 1 amide bonds. The molecule has 6 nitrogen and oxygen atoms in total. The molecule has 0 saturated carbocycles. The van der Waals surface area contributed by atoms with Gasteiger partial charge in [0.2, 0.25) is 0 Å². The van der Waals surface area contributed by atoms with Gasteiger partial charge in [0.25, 0.3) is 15.9 Å². The molecule has 0 unspecified atom stereocenters. The summed E-state index contributed by atoms with van der Waals surface area (Å²) in [5.41, 5.74) is 1.62. The molecule has 3 rings (SSSR count). The molecule has 0 radical (unpaired) electrons. The Hall–Kier alpha value is -2.39. The largest absolute Gasteiger partial charge is 0.321 e. The number of hydrazone groups is 1. The van der Waals surface area contributed by atoms with Gasteiger partial charge >= 0.3 is 0 Å². The van der Waals surface area contributed by atoms with Gasteiger partial charge in [-0.1, -0.05) is 35.3 Å². The number of amides is 1. The van der Waals surface area contributed by atoms with E-state index in [1.807, 2.05) is 0 Å². The van der Waals surface area contributed by atoms with Crippen LogP contribution in [0.3, 0.4) is 0 Å². The molecular formula is C19H15Cl2N3O3S2. The number of thiophene rings is 1. The van der Waals surface area contributed by atoms with Crippen LogP contribution in [0.1, 0.15) is 22.2 Å². The Labute approximate surface area is 182 Å². The fraction of sp³-hybridized carbons (Fsp3) is 0.0526. The summed E-state index contributed by atoms with van der Waals surface area (Å²) in [5, 5.41) is 7.18. The summed E-state index contributed by atoms with van der Waals surface area (Å²) in [6.07, 6.45) is 0. The minimum absolute atomic E-state index is 0.0501. The summed E-state index contributed by atoms with van der Waals surface area (Å²) in [6, 6.07) is 16.0. The third kappa shape index (κ3) is 5.57. The highest BCUT2D eigenvalue weighted by Crippen LogP contribution is 2.23. The maximum Gasteiger partial charge on any atom is 0.276 e. The van der Waals surface area contributed by atoms with Gasteiger partial charge in [0.1, 0.15) is 0 Å². The van der Waals surface area contributed by atoms with Crippen molar-refractivity contribution >= 4 is 61.9 Å². The van der Waals surface area contributed by atoms with Crippen LogP contribution >= 0.6 is 34.5 Å². The van der Waals surface area contributed by atoms with Crippen molar-refractivity contribution in [1.29, 1.82) is 0 Å². The van der Waals surface area contributed by atoms with E-state index in [1.54, 1.807) is 43.3 Å². The predicted octanol–water partition coefficient (Wildman–Crippen LogP) is 5.01. The third-order valence-electron chi connectivity index (χ3n) is 3.79. The molecule has 29 heavy (non-hydrogen) atoms. The van der Waals surface area contributed by atoms with Gasteiger partial charge < -0.3 is 5.32 Å². The molecule has 2 aromatic carbocycles. The van der Waals surface area contributed by atoms with E-state index in [2.05, 4.69) is 15.2 Å². The van der Waals surface area contributed by atoms with Crippen molar-refractivity contribution in [3.63, 3.8) is 0 Å². The van der Waals surface area contributed by atoms with E-state index < -0.39 is 10.0 Å². The van der Waals surface area contributed by atoms with E-state index in [0.29, 0.717) is 31.2 Å². The number of carbonyl (C=O) groups is 1. The molecule has 0 atom stereocenters. The van der Waals surface area contributed by atoms with Crippen molar-refractivity contribution in [3.05, 3.63) is 80.5 Å². The molecule has 3 aromatic rings. The first-order valence-corrected chi connectivity index (χ1v) is 11.3. The number of hydrogen-bond acceptors (Lipinski definition) is 5. The Balaban J connectivity index is 1.73. The number of anilines is 1. The zero-order chi connectivity index (χ0) is 21.0. The summed E-state index contributed by atoms with van der Waals surface area (Å²) in [4.78, 5) is 15.0. The van der Waals surface area contributed by atoms with Crippen molar-refractivity contribution in [2.75, 3.05) is 5.32 Å². The maximum absolute atomic E-state index is 12.3. The SMILES string of the molecule is CC(=NNS(=O)(=O)c1ccc(Cl)cc1)c1cccc(NC(=O)c2ccc(Cl)s2)c1. The average molecular weight is 468 g/mol. The summed E-state index contributed by atoms with van der Waals surface area (Å²) in [6.45, 7) is 1.66. The zero-order valence-electron chi connectivity index (χ0n) is 15.0. The lowest BCUT2D eigenvalue weighted by atomic mass is 10.1. The van der Waals surface area contributed by atoms with Crippen LogP contribution in [-0.2, 0) is 10.0 Å². The smallest absolute Gasteiger partial charge is 0.276 e. The lowest BCUT2D eigenvalue weighted by Gasteiger charge is -2.08. The Morgan fingerprint density at radius 1 is 1.03 bits per heavy atom. The molecule has 1 aromatic heterocycles. The zero-order valence-corrected chi connectivity index (χ0v) is 18.2. The van der Waals surface area contributed by atoms with E-state index in [-0.39, 0.29) is 10.8 Å². The normalized spacial score (nSPS) is 11.9. The maximum atomic E-state index is 12.3. The van der Waals surface area contributed by atoms with Gasteiger partial charge in [0, 0.05) is 10.7 Å². The third-order valence-corrected chi connectivity index (χ3v) is 6.50. The molecule has 10 heteroatoms. The second kappa shape index (κ2) is 8.96. The Kier molecular flexibility index (Phi) is 6.59. The number of halogens is 2. The van der Waals surface area contributed by atoms with E-state index in [1.165, 1.54) is 35.6 Å². The van der Waals surface area contributed by atoms with Crippen LogP contribution in [0, 0.1) is 0 Å². The van der Waals surface area contributed by atoms with Crippen molar-refractivity contribution in [2.45, 2.75) is 11.8 Å². The fourth-order valence-corrected chi connectivity index (χ4v) is 4.23. The van der Waals surface area contributed by atoms with Crippen LogP contribution in [0.2, 0.25) is 9.36 Å². The second-order valence-electron chi connectivity index (χ2n) is 5.88. The molecular weight excluding hydrogens is 453 g/mol. The van der Waals surface area contributed by atoms with Crippen LogP contribution < -0.4 is 10.1 Å². The van der Waals surface area contributed by atoms with Gasteiger partial charge in [-0.25, -0.2) is 0 Å². The molecule has 0 saturated heterocycles. The van der Waals surface area contributed by atoms with E-state index in [9.17, 15) is 13.2 Å². The van der Waals surface area contributed by atoms with Crippen molar-refractivity contribution < 1.29 is 13.2 Å². The summed E-state index contributed by atoms with van der Waals surface area (Å²) < 4.78 is 25.2. The lowest BCUT2D eigenvalue weighted by molar-refractivity contribution is 0.103. The van der Waals surface area contributed by atoms with Gasteiger partial charge in [0.15, 0.2) is 0 Å². The molecule has 150 valence electrons. The highest BCUT2D eigenvalue weighted by atomic mass is 35.5. The summed E-state index contributed by atoms with van der Waals surface area (Å²) in [7, 11) is -3.82. The number of sulfonamides is 1. The Morgan fingerprint density at radius 2 is 1.76 bits per heavy atom. The number of nitrogens with one attached hydrogen (secondary N) is 2.